The van der Waals surface area contributed by atoms with Crippen molar-refractivity contribution >= 4 is 0 Å². The first-order chi connectivity index (χ1) is 3.83. The third-order valence-electron chi connectivity index (χ3n) is 0.408. The molecule has 0 aliphatic rings. The van der Waals surface area contributed by atoms with Crippen molar-refractivity contribution in [2.24, 2.45) is 11.5 Å². The van der Waals surface area contributed by atoms with E-state index in [1.165, 1.54) is 0 Å². The van der Waals surface area contributed by atoms with Gasteiger partial charge in [0.15, 0.2) is 0 Å². The molecule has 8 heavy (non-hydrogen) atoms. The Labute approximate surface area is 50.6 Å². The molecule has 0 aliphatic heterocycles. The third kappa shape index (κ3) is 40.4. The average molecular weight is 120 g/mol. The zero-order valence-corrected chi connectivity index (χ0v) is 5.57. The van der Waals surface area contributed by atoms with Crippen LogP contribution in [0.15, 0.2) is 0 Å². The second-order valence-corrected chi connectivity index (χ2v) is 1.12. The van der Waals surface area contributed by atoms with E-state index in [4.69, 9.17) is 11.5 Å². The van der Waals surface area contributed by atoms with Crippen LogP contribution in [0, 0.1) is 0 Å². The first kappa shape index (κ1) is 10.8. The van der Waals surface area contributed by atoms with Gasteiger partial charge >= 0.3 is 0 Å². The molecule has 0 aromatic rings. The molecule has 4 nitrogen and oxygen atoms in total. The fraction of sp³-hybridized carbons (Fsp3) is 1.00. The maximum absolute atomic E-state index is 4.92. The van der Waals surface area contributed by atoms with E-state index in [0.29, 0.717) is 13.3 Å². The molecular weight excluding hydrogens is 104 g/mol. The predicted octanol–water partition coefficient (Wildman–Crippen LogP) is -1.76. The van der Waals surface area contributed by atoms with Gasteiger partial charge in [0.25, 0.3) is 0 Å². The lowest BCUT2D eigenvalue weighted by atomic mass is 11.1. The van der Waals surface area contributed by atoms with Crippen LogP contribution in [0.3, 0.4) is 0 Å². The Morgan fingerprint density at radius 3 is 1.12 bits per heavy atom. The molecule has 6 N–H and O–H groups in total. The van der Waals surface area contributed by atoms with Crippen molar-refractivity contribution in [3.63, 3.8) is 0 Å². The molecule has 4 heteroatoms. The molecule has 0 aromatic heterocycles. The van der Waals surface area contributed by atoms with Gasteiger partial charge in [0.2, 0.25) is 0 Å². The Bertz CT molecular complexity index is 16.0. The lowest BCUT2D eigenvalue weighted by Crippen LogP contribution is -2.15. The SMILES string of the molecule is CNCN.CNCN. The summed E-state index contributed by atoms with van der Waals surface area (Å²) >= 11 is 0. The highest BCUT2D eigenvalue weighted by atomic mass is 14.9. The molecule has 0 fully saturated rings. The summed E-state index contributed by atoms with van der Waals surface area (Å²) in [6, 6.07) is 0. The van der Waals surface area contributed by atoms with Gasteiger partial charge in [0.05, 0.1) is 0 Å². The molecule has 0 saturated heterocycles. The van der Waals surface area contributed by atoms with Gasteiger partial charge in [-0.2, -0.15) is 0 Å². The Kier molecular flexibility index (Phi) is 21.3. The zero-order chi connectivity index (χ0) is 6.83. The van der Waals surface area contributed by atoms with Crippen LogP contribution in [0.1, 0.15) is 0 Å². The fourth-order valence-electron chi connectivity index (χ4n) is 0. The van der Waals surface area contributed by atoms with E-state index in [1.807, 2.05) is 0 Å². The van der Waals surface area contributed by atoms with E-state index < -0.39 is 0 Å². The molecule has 0 atom stereocenters. The van der Waals surface area contributed by atoms with Crippen LogP contribution < -0.4 is 22.1 Å². The summed E-state index contributed by atoms with van der Waals surface area (Å²) in [5.41, 5.74) is 9.83. The van der Waals surface area contributed by atoms with Crippen molar-refractivity contribution in [1.82, 2.24) is 10.6 Å². The average Bonchev–Trinajstić information content (AvgIpc) is 1.88. The fourth-order valence-corrected chi connectivity index (χ4v) is 0. The number of nitrogens with one attached hydrogen (secondary N) is 2. The topological polar surface area (TPSA) is 76.1 Å². The Balaban J connectivity index is 0. The normalized spacial score (nSPS) is 7.50. The van der Waals surface area contributed by atoms with Gasteiger partial charge in [-0.15, -0.1) is 0 Å². The summed E-state index contributed by atoms with van der Waals surface area (Å²) in [4.78, 5) is 0. The highest BCUT2D eigenvalue weighted by Crippen LogP contribution is 1.15. The van der Waals surface area contributed by atoms with E-state index in [0.717, 1.165) is 0 Å². The molecule has 0 aliphatic carbocycles. The van der Waals surface area contributed by atoms with Crippen LogP contribution >= 0.6 is 0 Å². The van der Waals surface area contributed by atoms with Gasteiger partial charge in [-0.3, -0.25) is 0 Å². The molecule has 52 valence electrons. The maximum atomic E-state index is 4.92. The summed E-state index contributed by atoms with van der Waals surface area (Å²) in [6.07, 6.45) is 0. The van der Waals surface area contributed by atoms with Crippen LogP contribution in [-0.4, -0.2) is 27.4 Å². The highest BCUT2D eigenvalue weighted by molar-refractivity contribution is 4.12. The molecule has 0 heterocycles. The minimum Gasteiger partial charge on any atom is -0.319 e. The number of hydrogen-bond donors (Lipinski definition) is 4. The van der Waals surface area contributed by atoms with Crippen molar-refractivity contribution in [3.8, 4) is 0 Å². The minimum atomic E-state index is 0.569. The quantitative estimate of drug-likeness (QED) is 0.326. The Morgan fingerprint density at radius 2 is 1.12 bits per heavy atom. The van der Waals surface area contributed by atoms with E-state index in [2.05, 4.69) is 10.6 Å². The molecule has 0 unspecified atom stereocenters. The maximum Gasteiger partial charge on any atom is 0.0426 e. The smallest absolute Gasteiger partial charge is 0.0426 e. The molecule has 0 amide bonds. The molecule has 0 rings (SSSR count). The van der Waals surface area contributed by atoms with Gasteiger partial charge in [0.1, 0.15) is 0 Å². The zero-order valence-electron chi connectivity index (χ0n) is 5.57. The van der Waals surface area contributed by atoms with Crippen molar-refractivity contribution in [3.05, 3.63) is 0 Å². The predicted molar refractivity (Wildman–Crippen MR) is 36.2 cm³/mol. The Morgan fingerprint density at radius 1 is 1.00 bits per heavy atom. The van der Waals surface area contributed by atoms with Gasteiger partial charge in [-0.25, -0.2) is 0 Å². The standard InChI is InChI=1S/2C2H8N2/c2*1-4-2-3/h2*4H,2-3H2,1H3. The van der Waals surface area contributed by atoms with Crippen LogP contribution in [0.2, 0.25) is 0 Å². The summed E-state index contributed by atoms with van der Waals surface area (Å²) in [5, 5.41) is 5.42. The number of rotatable bonds is 2. The Hall–Kier alpha value is -0.160. The van der Waals surface area contributed by atoms with Crippen LogP contribution in [0.5, 0.6) is 0 Å². The van der Waals surface area contributed by atoms with E-state index in [1.54, 1.807) is 14.1 Å². The van der Waals surface area contributed by atoms with E-state index in [-0.39, 0.29) is 0 Å². The molecule has 0 aromatic carbocycles. The number of hydrogen-bond acceptors (Lipinski definition) is 4. The summed E-state index contributed by atoms with van der Waals surface area (Å²) in [5.74, 6) is 0. The van der Waals surface area contributed by atoms with Gasteiger partial charge in [0, 0.05) is 13.3 Å². The summed E-state index contributed by atoms with van der Waals surface area (Å²) in [7, 11) is 3.61. The third-order valence-corrected chi connectivity index (χ3v) is 0.408. The van der Waals surface area contributed by atoms with Crippen LogP contribution in [-0.2, 0) is 0 Å². The van der Waals surface area contributed by atoms with Crippen molar-refractivity contribution < 1.29 is 0 Å². The first-order valence-electron chi connectivity index (χ1n) is 2.52. The molecular formula is C4H16N4. The lowest BCUT2D eigenvalue weighted by Gasteiger charge is -1.77. The minimum absolute atomic E-state index is 0.569. The summed E-state index contributed by atoms with van der Waals surface area (Å²) < 4.78 is 0. The van der Waals surface area contributed by atoms with E-state index in [9.17, 15) is 0 Å². The van der Waals surface area contributed by atoms with Gasteiger partial charge in [-0.1, -0.05) is 0 Å². The van der Waals surface area contributed by atoms with Crippen molar-refractivity contribution in [2.45, 2.75) is 0 Å². The van der Waals surface area contributed by atoms with Gasteiger partial charge in [-0.05, 0) is 14.1 Å². The second-order valence-electron chi connectivity index (χ2n) is 1.12. The lowest BCUT2D eigenvalue weighted by molar-refractivity contribution is 0.833. The first-order valence-corrected chi connectivity index (χ1v) is 2.52. The largest absolute Gasteiger partial charge is 0.319 e. The second kappa shape index (κ2) is 15.8. The monoisotopic (exact) mass is 120 g/mol. The van der Waals surface area contributed by atoms with Crippen LogP contribution in [0.25, 0.3) is 0 Å². The number of nitrogens with two attached hydrogens (primary N) is 2. The van der Waals surface area contributed by atoms with Gasteiger partial charge < -0.3 is 22.1 Å². The highest BCUT2D eigenvalue weighted by Gasteiger charge is 1.49. The molecule has 0 spiro atoms. The molecule has 0 saturated carbocycles. The molecule has 0 radical (unpaired) electrons. The molecule has 0 bridgehead atoms. The summed E-state index contributed by atoms with van der Waals surface area (Å²) in [6.45, 7) is 1.14. The van der Waals surface area contributed by atoms with Crippen molar-refractivity contribution in [2.75, 3.05) is 27.4 Å². The van der Waals surface area contributed by atoms with Crippen molar-refractivity contribution in [1.29, 1.82) is 0 Å². The van der Waals surface area contributed by atoms with E-state index >= 15 is 0 Å². The van der Waals surface area contributed by atoms with Crippen LogP contribution in [0.4, 0.5) is 0 Å².